The van der Waals surface area contributed by atoms with Gasteiger partial charge in [-0.15, -0.1) is 0 Å². The van der Waals surface area contributed by atoms with Crippen LogP contribution in [-0.4, -0.2) is 20.8 Å². The predicted octanol–water partition coefficient (Wildman–Crippen LogP) is 0.986. The topological polar surface area (TPSA) is 104 Å². The van der Waals surface area contributed by atoms with Crippen LogP contribution in [0, 0.1) is 0 Å². The van der Waals surface area contributed by atoms with Crippen molar-refractivity contribution in [2.45, 2.75) is 0 Å². The van der Waals surface area contributed by atoms with E-state index in [9.17, 15) is 9.59 Å². The van der Waals surface area contributed by atoms with E-state index >= 15 is 0 Å². The van der Waals surface area contributed by atoms with Gasteiger partial charge < -0.3 is 10.3 Å². The third-order valence-electron chi connectivity index (χ3n) is 2.91. The molecule has 0 bridgehead atoms. The van der Waals surface area contributed by atoms with Crippen LogP contribution in [0.5, 0.6) is 0 Å². The van der Waals surface area contributed by atoms with Gasteiger partial charge in [0.15, 0.2) is 0 Å². The van der Waals surface area contributed by atoms with Crippen LogP contribution in [0.4, 0.5) is 0 Å². The van der Waals surface area contributed by atoms with E-state index in [4.69, 9.17) is 10.3 Å². The van der Waals surface area contributed by atoms with E-state index in [-0.39, 0.29) is 11.3 Å². The molecule has 0 aliphatic carbocycles. The first kappa shape index (κ1) is 12.8. The van der Waals surface area contributed by atoms with E-state index in [1.165, 1.54) is 18.4 Å². The van der Waals surface area contributed by atoms with Crippen LogP contribution >= 0.6 is 0 Å². The van der Waals surface area contributed by atoms with Crippen LogP contribution in [0.15, 0.2) is 58.2 Å². The largest absolute Gasteiger partial charge is 0.364 e. The summed E-state index contributed by atoms with van der Waals surface area (Å²) in [4.78, 5) is 23.1. The van der Waals surface area contributed by atoms with Gasteiger partial charge in [-0.2, -0.15) is 9.78 Å². The first-order valence-electron chi connectivity index (χ1n) is 6.05. The number of primary amides is 1. The van der Waals surface area contributed by atoms with Crippen LogP contribution in [0.25, 0.3) is 16.8 Å². The summed E-state index contributed by atoms with van der Waals surface area (Å²) in [7, 11) is 0. The first-order valence-corrected chi connectivity index (χ1v) is 6.05. The number of hydrogen-bond donors (Lipinski definition) is 1. The molecule has 2 N–H and O–H groups in total. The lowest BCUT2D eigenvalue weighted by atomic mass is 10.1. The SMILES string of the molecule is NC(=O)c1ccc(=O)n(-c2cccc(-c3cnoc3)c2)n1. The number of benzene rings is 1. The number of hydrogen-bond acceptors (Lipinski definition) is 5. The Morgan fingerprint density at radius 3 is 2.76 bits per heavy atom. The number of amides is 1. The Kier molecular flexibility index (Phi) is 3.07. The van der Waals surface area contributed by atoms with E-state index < -0.39 is 5.91 Å². The minimum absolute atomic E-state index is 0.0185. The van der Waals surface area contributed by atoms with Gasteiger partial charge in [0.1, 0.15) is 12.0 Å². The smallest absolute Gasteiger partial charge is 0.271 e. The van der Waals surface area contributed by atoms with Crippen molar-refractivity contribution in [3.8, 4) is 16.8 Å². The fraction of sp³-hybridized carbons (Fsp3) is 0. The van der Waals surface area contributed by atoms with E-state index in [1.807, 2.05) is 6.07 Å². The molecule has 104 valence electrons. The lowest BCUT2D eigenvalue weighted by Gasteiger charge is -2.06. The highest BCUT2D eigenvalue weighted by molar-refractivity contribution is 5.90. The minimum atomic E-state index is -0.695. The highest BCUT2D eigenvalue weighted by atomic mass is 16.5. The van der Waals surface area contributed by atoms with Gasteiger partial charge in [-0.25, -0.2) is 0 Å². The molecule has 0 radical (unpaired) electrons. The summed E-state index contributed by atoms with van der Waals surface area (Å²) in [6.07, 6.45) is 3.06. The molecule has 0 saturated heterocycles. The molecule has 0 aliphatic heterocycles. The van der Waals surface area contributed by atoms with Gasteiger partial charge in [0, 0.05) is 11.6 Å². The normalized spacial score (nSPS) is 10.5. The van der Waals surface area contributed by atoms with Crippen molar-refractivity contribution in [1.29, 1.82) is 0 Å². The summed E-state index contributed by atoms with van der Waals surface area (Å²) in [5.74, 6) is -0.695. The summed E-state index contributed by atoms with van der Waals surface area (Å²) in [6, 6.07) is 9.60. The molecular weight excluding hydrogens is 272 g/mol. The average molecular weight is 282 g/mol. The van der Waals surface area contributed by atoms with Crippen LogP contribution in [0.1, 0.15) is 10.5 Å². The molecule has 2 heterocycles. The van der Waals surface area contributed by atoms with Gasteiger partial charge in [-0.1, -0.05) is 17.3 Å². The zero-order valence-corrected chi connectivity index (χ0v) is 10.8. The Morgan fingerprint density at radius 2 is 2.05 bits per heavy atom. The van der Waals surface area contributed by atoms with Gasteiger partial charge in [0.25, 0.3) is 11.5 Å². The van der Waals surface area contributed by atoms with E-state index in [2.05, 4.69) is 10.3 Å². The Labute approximate surface area is 118 Å². The zero-order valence-electron chi connectivity index (χ0n) is 10.8. The first-order chi connectivity index (χ1) is 10.1. The van der Waals surface area contributed by atoms with E-state index in [0.717, 1.165) is 15.8 Å². The van der Waals surface area contributed by atoms with Crippen molar-refractivity contribution < 1.29 is 9.32 Å². The Hall–Kier alpha value is -3.22. The molecule has 21 heavy (non-hydrogen) atoms. The van der Waals surface area contributed by atoms with Crippen molar-refractivity contribution >= 4 is 5.91 Å². The molecule has 1 amide bonds. The highest BCUT2D eigenvalue weighted by Gasteiger charge is 2.08. The molecule has 0 spiro atoms. The molecule has 0 fully saturated rings. The van der Waals surface area contributed by atoms with Gasteiger partial charge >= 0.3 is 0 Å². The zero-order chi connectivity index (χ0) is 14.8. The van der Waals surface area contributed by atoms with Crippen LogP contribution < -0.4 is 11.3 Å². The van der Waals surface area contributed by atoms with Crippen LogP contribution in [-0.2, 0) is 0 Å². The van der Waals surface area contributed by atoms with Gasteiger partial charge in [0.2, 0.25) is 0 Å². The summed E-state index contributed by atoms with van der Waals surface area (Å²) in [6.45, 7) is 0. The number of carbonyl (C=O) groups is 1. The molecule has 0 atom stereocenters. The molecule has 0 saturated carbocycles. The molecule has 7 nitrogen and oxygen atoms in total. The minimum Gasteiger partial charge on any atom is -0.364 e. The summed E-state index contributed by atoms with van der Waals surface area (Å²) < 4.78 is 5.92. The Balaban J connectivity index is 2.13. The maximum Gasteiger partial charge on any atom is 0.271 e. The predicted molar refractivity (Wildman–Crippen MR) is 73.8 cm³/mol. The summed E-state index contributed by atoms with van der Waals surface area (Å²) >= 11 is 0. The summed E-state index contributed by atoms with van der Waals surface area (Å²) in [5, 5.41) is 7.59. The molecular formula is C14H10N4O3. The Morgan fingerprint density at radius 1 is 1.19 bits per heavy atom. The number of carbonyl (C=O) groups excluding carboxylic acids is 1. The molecule has 0 aliphatic rings. The third kappa shape index (κ3) is 2.44. The van der Waals surface area contributed by atoms with Crippen molar-refractivity contribution in [3.63, 3.8) is 0 Å². The third-order valence-corrected chi connectivity index (χ3v) is 2.91. The molecule has 2 aromatic heterocycles. The van der Waals surface area contributed by atoms with E-state index in [1.54, 1.807) is 24.4 Å². The second-order valence-electron chi connectivity index (χ2n) is 4.30. The lowest BCUT2D eigenvalue weighted by molar-refractivity contribution is 0.0994. The second-order valence-corrected chi connectivity index (χ2v) is 4.30. The number of aromatic nitrogens is 3. The van der Waals surface area contributed by atoms with Crippen molar-refractivity contribution in [2.24, 2.45) is 5.73 Å². The summed E-state index contributed by atoms with van der Waals surface area (Å²) in [5.41, 5.74) is 6.94. The second kappa shape index (κ2) is 5.04. The van der Waals surface area contributed by atoms with Gasteiger partial charge in [-0.3, -0.25) is 9.59 Å². The van der Waals surface area contributed by atoms with E-state index in [0.29, 0.717) is 5.69 Å². The number of rotatable bonds is 3. The number of nitrogens with zero attached hydrogens (tertiary/aromatic N) is 3. The van der Waals surface area contributed by atoms with Crippen molar-refractivity contribution in [3.05, 3.63) is 64.9 Å². The van der Waals surface area contributed by atoms with Crippen LogP contribution in [0.3, 0.4) is 0 Å². The fourth-order valence-electron chi connectivity index (χ4n) is 1.89. The van der Waals surface area contributed by atoms with Gasteiger partial charge in [0.05, 0.1) is 11.9 Å². The maximum absolute atomic E-state index is 11.9. The van der Waals surface area contributed by atoms with Crippen molar-refractivity contribution in [2.75, 3.05) is 0 Å². The standard InChI is InChI=1S/C14H10N4O3/c15-14(20)12-4-5-13(19)18(17-12)11-3-1-2-9(6-11)10-7-16-21-8-10/h1-8H,(H2,15,20). The van der Waals surface area contributed by atoms with Crippen LogP contribution in [0.2, 0.25) is 0 Å². The molecule has 3 aromatic rings. The lowest BCUT2D eigenvalue weighted by Crippen LogP contribution is -2.25. The monoisotopic (exact) mass is 282 g/mol. The Bertz CT molecular complexity index is 853. The van der Waals surface area contributed by atoms with Gasteiger partial charge in [-0.05, 0) is 23.8 Å². The maximum atomic E-state index is 11.9. The molecule has 3 rings (SSSR count). The quantitative estimate of drug-likeness (QED) is 0.771. The van der Waals surface area contributed by atoms with Crippen molar-refractivity contribution in [1.82, 2.24) is 14.9 Å². The highest BCUT2D eigenvalue weighted by Crippen LogP contribution is 2.20. The fourth-order valence-corrected chi connectivity index (χ4v) is 1.89. The molecule has 1 aromatic carbocycles. The molecule has 0 unspecified atom stereocenters. The molecule has 7 heteroatoms. The average Bonchev–Trinajstić information content (AvgIpc) is 3.02. The number of nitrogens with two attached hydrogens (primary N) is 1.